The van der Waals surface area contributed by atoms with Gasteiger partial charge in [-0.15, -0.1) is 0 Å². The molecule has 1 aliphatic heterocycles. The van der Waals surface area contributed by atoms with Crippen LogP contribution in [-0.4, -0.2) is 29.6 Å². The molecule has 1 saturated heterocycles. The summed E-state index contributed by atoms with van der Waals surface area (Å²) in [5.41, 5.74) is 0.0184. The Labute approximate surface area is 99.2 Å². The summed E-state index contributed by atoms with van der Waals surface area (Å²) in [4.78, 5) is 15.4. The van der Waals surface area contributed by atoms with E-state index in [1.54, 1.807) is 0 Å². The Hall–Kier alpha value is -1.49. The predicted molar refractivity (Wildman–Crippen MR) is 60.1 cm³/mol. The highest BCUT2D eigenvalue weighted by molar-refractivity contribution is 5.94. The molecule has 1 aromatic heterocycles. The van der Waals surface area contributed by atoms with Crippen LogP contribution in [0.15, 0.2) is 18.5 Å². The monoisotopic (exact) mass is 238 g/mol. The molecule has 1 amide bonds. The van der Waals surface area contributed by atoms with E-state index in [2.05, 4.69) is 10.3 Å². The lowest BCUT2D eigenvalue weighted by atomic mass is 10.1. The molecule has 1 aliphatic rings. The van der Waals surface area contributed by atoms with Crippen LogP contribution in [-0.2, 0) is 4.74 Å². The highest BCUT2D eigenvalue weighted by Crippen LogP contribution is 2.16. The quantitative estimate of drug-likeness (QED) is 0.868. The number of carbonyl (C=O) groups is 1. The van der Waals surface area contributed by atoms with Crippen LogP contribution in [0.1, 0.15) is 30.1 Å². The van der Waals surface area contributed by atoms with Crippen LogP contribution in [0.4, 0.5) is 4.39 Å². The van der Waals surface area contributed by atoms with Crippen molar-refractivity contribution in [3.8, 4) is 0 Å². The molecule has 92 valence electrons. The molecule has 2 rings (SSSR count). The Morgan fingerprint density at radius 3 is 3.18 bits per heavy atom. The van der Waals surface area contributed by atoms with Crippen LogP contribution < -0.4 is 5.32 Å². The number of pyridine rings is 1. The number of hydrogen-bond donors (Lipinski definition) is 1. The van der Waals surface area contributed by atoms with E-state index >= 15 is 0 Å². The van der Waals surface area contributed by atoms with Gasteiger partial charge in [-0.2, -0.15) is 0 Å². The van der Waals surface area contributed by atoms with Crippen molar-refractivity contribution in [3.05, 3.63) is 29.8 Å². The fourth-order valence-corrected chi connectivity index (χ4v) is 1.93. The molecular weight excluding hydrogens is 223 g/mol. The molecule has 4 nitrogen and oxygen atoms in total. The van der Waals surface area contributed by atoms with Gasteiger partial charge in [-0.1, -0.05) is 0 Å². The van der Waals surface area contributed by atoms with Crippen molar-refractivity contribution in [3.63, 3.8) is 0 Å². The topological polar surface area (TPSA) is 51.2 Å². The van der Waals surface area contributed by atoms with Gasteiger partial charge in [0.1, 0.15) is 0 Å². The van der Waals surface area contributed by atoms with E-state index in [0.29, 0.717) is 0 Å². The molecule has 0 aromatic carbocycles. The summed E-state index contributed by atoms with van der Waals surface area (Å²) in [6.07, 6.45) is 4.40. The lowest BCUT2D eigenvalue weighted by Gasteiger charge is -2.20. The second-order valence-corrected chi connectivity index (χ2v) is 4.17. The average Bonchev–Trinajstić information content (AvgIpc) is 2.82. The van der Waals surface area contributed by atoms with Gasteiger partial charge in [0.2, 0.25) is 0 Å². The smallest absolute Gasteiger partial charge is 0.254 e. The van der Waals surface area contributed by atoms with Gasteiger partial charge in [0.15, 0.2) is 5.82 Å². The van der Waals surface area contributed by atoms with E-state index in [1.807, 2.05) is 6.92 Å². The van der Waals surface area contributed by atoms with Crippen molar-refractivity contribution in [1.29, 1.82) is 0 Å². The SMILES string of the molecule is CC(NC(=O)c1ccncc1F)C1CCCO1. The molecule has 2 heterocycles. The Morgan fingerprint density at radius 2 is 2.53 bits per heavy atom. The second-order valence-electron chi connectivity index (χ2n) is 4.17. The largest absolute Gasteiger partial charge is 0.376 e. The number of nitrogens with one attached hydrogen (secondary N) is 1. The van der Waals surface area contributed by atoms with Gasteiger partial charge in [0, 0.05) is 12.8 Å². The maximum absolute atomic E-state index is 13.3. The summed E-state index contributed by atoms with van der Waals surface area (Å²) in [5.74, 6) is -1.03. The lowest BCUT2D eigenvalue weighted by Crippen LogP contribution is -2.41. The summed E-state index contributed by atoms with van der Waals surface area (Å²) in [6.45, 7) is 2.60. The Morgan fingerprint density at radius 1 is 1.71 bits per heavy atom. The van der Waals surface area contributed by atoms with E-state index in [0.717, 1.165) is 25.6 Å². The third-order valence-corrected chi connectivity index (χ3v) is 2.90. The zero-order chi connectivity index (χ0) is 12.3. The number of halogens is 1. The maximum atomic E-state index is 13.3. The van der Waals surface area contributed by atoms with Gasteiger partial charge in [-0.05, 0) is 25.8 Å². The Kier molecular flexibility index (Phi) is 3.68. The summed E-state index contributed by atoms with van der Waals surface area (Å²) < 4.78 is 18.8. The highest BCUT2D eigenvalue weighted by atomic mass is 19.1. The molecule has 0 radical (unpaired) electrons. The first-order valence-corrected chi connectivity index (χ1v) is 5.70. The van der Waals surface area contributed by atoms with E-state index in [4.69, 9.17) is 4.74 Å². The normalized spacial score (nSPS) is 21.2. The third kappa shape index (κ3) is 2.79. The van der Waals surface area contributed by atoms with Gasteiger partial charge >= 0.3 is 0 Å². The van der Waals surface area contributed by atoms with Crippen LogP contribution in [0, 0.1) is 5.82 Å². The van der Waals surface area contributed by atoms with Crippen molar-refractivity contribution in [2.45, 2.75) is 31.9 Å². The average molecular weight is 238 g/mol. The molecule has 5 heteroatoms. The minimum absolute atomic E-state index is 0.0184. The van der Waals surface area contributed by atoms with Crippen molar-refractivity contribution in [2.75, 3.05) is 6.61 Å². The van der Waals surface area contributed by atoms with E-state index in [9.17, 15) is 9.18 Å². The second kappa shape index (κ2) is 5.23. The van der Waals surface area contributed by atoms with Gasteiger partial charge in [-0.3, -0.25) is 9.78 Å². The molecule has 2 unspecified atom stereocenters. The van der Waals surface area contributed by atoms with Gasteiger partial charge in [0.05, 0.1) is 23.9 Å². The molecule has 17 heavy (non-hydrogen) atoms. The maximum Gasteiger partial charge on any atom is 0.254 e. The lowest BCUT2D eigenvalue weighted by molar-refractivity contribution is 0.0710. The van der Waals surface area contributed by atoms with Gasteiger partial charge in [0.25, 0.3) is 5.91 Å². The molecule has 0 saturated carbocycles. The highest BCUT2D eigenvalue weighted by Gasteiger charge is 2.24. The molecule has 1 fully saturated rings. The predicted octanol–water partition coefficient (Wildman–Crippen LogP) is 1.52. The standard InChI is InChI=1S/C12H15FN2O2/c1-8(11-3-2-6-17-11)15-12(16)9-4-5-14-7-10(9)13/h4-5,7-8,11H,2-3,6H2,1H3,(H,15,16). The number of amides is 1. The number of hydrogen-bond acceptors (Lipinski definition) is 3. The zero-order valence-corrected chi connectivity index (χ0v) is 9.65. The van der Waals surface area contributed by atoms with E-state index in [-0.39, 0.29) is 17.7 Å². The molecule has 2 atom stereocenters. The minimum Gasteiger partial charge on any atom is -0.376 e. The van der Waals surface area contributed by atoms with Crippen molar-refractivity contribution in [1.82, 2.24) is 10.3 Å². The number of ether oxygens (including phenoxy) is 1. The van der Waals surface area contributed by atoms with Crippen molar-refractivity contribution >= 4 is 5.91 Å². The van der Waals surface area contributed by atoms with Crippen molar-refractivity contribution in [2.24, 2.45) is 0 Å². The first-order chi connectivity index (χ1) is 8.18. The fourth-order valence-electron chi connectivity index (χ4n) is 1.93. The Balaban J connectivity index is 1.99. The number of rotatable bonds is 3. The van der Waals surface area contributed by atoms with Crippen LogP contribution in [0.3, 0.4) is 0 Å². The zero-order valence-electron chi connectivity index (χ0n) is 9.65. The summed E-state index contributed by atoms with van der Waals surface area (Å²) in [7, 11) is 0. The number of aromatic nitrogens is 1. The summed E-state index contributed by atoms with van der Waals surface area (Å²) in [6, 6.07) is 1.25. The summed E-state index contributed by atoms with van der Waals surface area (Å²) >= 11 is 0. The van der Waals surface area contributed by atoms with Gasteiger partial charge < -0.3 is 10.1 Å². The molecule has 0 bridgehead atoms. The molecule has 1 N–H and O–H groups in total. The van der Waals surface area contributed by atoms with Crippen LogP contribution >= 0.6 is 0 Å². The fraction of sp³-hybridized carbons (Fsp3) is 0.500. The first-order valence-electron chi connectivity index (χ1n) is 5.70. The van der Waals surface area contributed by atoms with Crippen LogP contribution in [0.2, 0.25) is 0 Å². The van der Waals surface area contributed by atoms with Crippen LogP contribution in [0.5, 0.6) is 0 Å². The third-order valence-electron chi connectivity index (χ3n) is 2.90. The molecular formula is C12H15FN2O2. The van der Waals surface area contributed by atoms with Crippen molar-refractivity contribution < 1.29 is 13.9 Å². The number of nitrogens with zero attached hydrogens (tertiary/aromatic N) is 1. The molecule has 0 aliphatic carbocycles. The molecule has 0 spiro atoms. The van der Waals surface area contributed by atoms with Gasteiger partial charge in [-0.25, -0.2) is 4.39 Å². The van der Waals surface area contributed by atoms with E-state index in [1.165, 1.54) is 12.3 Å². The van der Waals surface area contributed by atoms with E-state index < -0.39 is 11.7 Å². The Bertz CT molecular complexity index is 405. The first kappa shape index (κ1) is 12.0. The molecule has 1 aromatic rings. The number of carbonyl (C=O) groups excluding carboxylic acids is 1. The van der Waals surface area contributed by atoms with Crippen LogP contribution in [0.25, 0.3) is 0 Å². The minimum atomic E-state index is -0.607. The summed E-state index contributed by atoms with van der Waals surface area (Å²) in [5, 5.41) is 2.75.